The van der Waals surface area contributed by atoms with E-state index in [-0.39, 0.29) is 12.1 Å². The largest absolute Gasteiger partial charge is 0.493 e. The zero-order chi connectivity index (χ0) is 15.9. The van der Waals surface area contributed by atoms with Crippen LogP contribution in [0.5, 0.6) is 11.5 Å². The highest BCUT2D eigenvalue weighted by atomic mass is 16.5. The fraction of sp³-hybridized carbons (Fsp3) is 0.588. The van der Waals surface area contributed by atoms with Crippen molar-refractivity contribution >= 4 is 5.97 Å². The minimum atomic E-state index is -0.348. The Labute approximate surface area is 131 Å². The van der Waals surface area contributed by atoms with E-state index < -0.39 is 0 Å². The van der Waals surface area contributed by atoms with E-state index in [4.69, 9.17) is 14.2 Å². The summed E-state index contributed by atoms with van der Waals surface area (Å²) in [4.78, 5) is 11.8. The van der Waals surface area contributed by atoms with Crippen molar-refractivity contribution in [2.75, 3.05) is 26.8 Å². The molecule has 2 rings (SSSR count). The van der Waals surface area contributed by atoms with Crippen LogP contribution in [0.15, 0.2) is 18.2 Å². The molecule has 1 aromatic carbocycles. The van der Waals surface area contributed by atoms with Gasteiger partial charge >= 0.3 is 5.97 Å². The van der Waals surface area contributed by atoms with Gasteiger partial charge in [-0.05, 0) is 63.9 Å². The van der Waals surface area contributed by atoms with E-state index in [0.29, 0.717) is 29.6 Å². The summed E-state index contributed by atoms with van der Waals surface area (Å²) < 4.78 is 16.4. The molecular formula is C17H25NO4. The van der Waals surface area contributed by atoms with E-state index in [2.05, 4.69) is 12.2 Å². The van der Waals surface area contributed by atoms with Crippen LogP contribution in [-0.4, -0.2) is 38.9 Å². The molecule has 1 aromatic rings. The number of carbonyl (C=O) groups excluding carboxylic acids is 1. The maximum atomic E-state index is 11.8. The maximum absolute atomic E-state index is 11.8. The van der Waals surface area contributed by atoms with Crippen LogP contribution in [0.1, 0.15) is 37.0 Å². The molecule has 1 unspecified atom stereocenters. The van der Waals surface area contributed by atoms with Crippen molar-refractivity contribution in [3.05, 3.63) is 23.8 Å². The summed E-state index contributed by atoms with van der Waals surface area (Å²) in [6, 6.07) is 5.16. The molecule has 0 aromatic heterocycles. The predicted molar refractivity (Wildman–Crippen MR) is 84.6 cm³/mol. The van der Waals surface area contributed by atoms with Crippen molar-refractivity contribution in [1.82, 2.24) is 5.32 Å². The molecule has 0 amide bonds. The Bertz CT molecular complexity index is 497. The Morgan fingerprint density at radius 1 is 1.32 bits per heavy atom. The second kappa shape index (κ2) is 8.03. The highest BCUT2D eigenvalue weighted by Gasteiger charge is 2.22. The van der Waals surface area contributed by atoms with Gasteiger partial charge in [0.25, 0.3) is 0 Å². The number of benzene rings is 1. The van der Waals surface area contributed by atoms with E-state index in [1.807, 2.05) is 0 Å². The average Bonchev–Trinajstić information content (AvgIpc) is 2.56. The first-order valence-electron chi connectivity index (χ1n) is 7.88. The number of hydrogen-bond donors (Lipinski definition) is 1. The Morgan fingerprint density at radius 2 is 2.05 bits per heavy atom. The van der Waals surface area contributed by atoms with Crippen LogP contribution in [0.4, 0.5) is 0 Å². The van der Waals surface area contributed by atoms with Crippen molar-refractivity contribution in [2.45, 2.75) is 32.8 Å². The first kappa shape index (κ1) is 16.6. The van der Waals surface area contributed by atoms with E-state index in [9.17, 15) is 4.79 Å². The lowest BCUT2D eigenvalue weighted by Crippen LogP contribution is -2.35. The van der Waals surface area contributed by atoms with Gasteiger partial charge in [0, 0.05) is 0 Å². The quantitative estimate of drug-likeness (QED) is 0.819. The SMILES string of the molecule is CCOC(=O)c1ccc(OC(C)C2CCNCC2)c(OC)c1. The molecule has 1 aliphatic rings. The Morgan fingerprint density at radius 3 is 2.68 bits per heavy atom. The molecule has 22 heavy (non-hydrogen) atoms. The van der Waals surface area contributed by atoms with Gasteiger partial charge in [-0.1, -0.05) is 0 Å². The third-order valence-electron chi connectivity index (χ3n) is 4.04. The fourth-order valence-corrected chi connectivity index (χ4v) is 2.72. The Balaban J connectivity index is 2.08. The minimum Gasteiger partial charge on any atom is -0.493 e. The standard InChI is InChI=1S/C17H25NO4/c1-4-21-17(19)14-5-6-15(16(11-14)20-3)22-12(2)13-7-9-18-10-8-13/h5-6,11-13,18H,4,7-10H2,1-3H3. The van der Waals surface area contributed by atoms with Crippen LogP contribution in [0.3, 0.4) is 0 Å². The average molecular weight is 307 g/mol. The molecule has 0 aliphatic carbocycles. The summed E-state index contributed by atoms with van der Waals surface area (Å²) in [5, 5.41) is 3.36. The molecule has 1 aliphatic heterocycles. The summed E-state index contributed by atoms with van der Waals surface area (Å²) in [6.45, 7) is 6.31. The molecule has 1 fully saturated rings. The second-order valence-corrected chi connectivity index (χ2v) is 5.50. The molecule has 1 N–H and O–H groups in total. The molecule has 0 spiro atoms. The molecule has 5 heteroatoms. The fourth-order valence-electron chi connectivity index (χ4n) is 2.72. The summed E-state index contributed by atoms with van der Waals surface area (Å²) >= 11 is 0. The molecule has 122 valence electrons. The molecule has 0 bridgehead atoms. The van der Waals surface area contributed by atoms with Gasteiger partial charge in [0.15, 0.2) is 11.5 Å². The van der Waals surface area contributed by atoms with Crippen LogP contribution in [-0.2, 0) is 4.74 Å². The van der Waals surface area contributed by atoms with Gasteiger partial charge in [0.05, 0.1) is 25.4 Å². The van der Waals surface area contributed by atoms with Crippen molar-refractivity contribution < 1.29 is 19.0 Å². The van der Waals surface area contributed by atoms with Gasteiger partial charge in [-0.25, -0.2) is 4.79 Å². The van der Waals surface area contributed by atoms with Crippen molar-refractivity contribution in [3.63, 3.8) is 0 Å². The lowest BCUT2D eigenvalue weighted by atomic mass is 9.93. The Hall–Kier alpha value is -1.75. The number of piperidine rings is 1. The number of ether oxygens (including phenoxy) is 3. The van der Waals surface area contributed by atoms with Crippen molar-refractivity contribution in [2.24, 2.45) is 5.92 Å². The third-order valence-corrected chi connectivity index (χ3v) is 4.04. The second-order valence-electron chi connectivity index (χ2n) is 5.50. The van der Waals surface area contributed by atoms with E-state index >= 15 is 0 Å². The van der Waals surface area contributed by atoms with Gasteiger partial charge in [-0.2, -0.15) is 0 Å². The smallest absolute Gasteiger partial charge is 0.338 e. The lowest BCUT2D eigenvalue weighted by molar-refractivity contribution is 0.0525. The van der Waals surface area contributed by atoms with Crippen LogP contribution < -0.4 is 14.8 Å². The Kier molecular flexibility index (Phi) is 6.07. The molecule has 1 saturated heterocycles. The number of methoxy groups -OCH3 is 1. The van der Waals surface area contributed by atoms with E-state index in [1.165, 1.54) is 0 Å². The number of hydrogen-bond acceptors (Lipinski definition) is 5. The zero-order valence-electron chi connectivity index (χ0n) is 13.6. The zero-order valence-corrected chi connectivity index (χ0v) is 13.6. The summed E-state index contributed by atoms with van der Waals surface area (Å²) in [7, 11) is 1.58. The molecule has 1 heterocycles. The van der Waals surface area contributed by atoms with Gasteiger partial charge in [-0.3, -0.25) is 0 Å². The van der Waals surface area contributed by atoms with Gasteiger partial charge < -0.3 is 19.5 Å². The highest BCUT2D eigenvalue weighted by molar-refractivity contribution is 5.90. The predicted octanol–water partition coefficient (Wildman–Crippen LogP) is 2.64. The molecule has 0 saturated carbocycles. The summed E-state index contributed by atoms with van der Waals surface area (Å²) in [6.07, 6.45) is 2.35. The highest BCUT2D eigenvalue weighted by Crippen LogP contribution is 2.31. The number of rotatable bonds is 6. The molecule has 0 radical (unpaired) electrons. The number of esters is 1. The van der Waals surface area contributed by atoms with E-state index in [1.54, 1.807) is 32.2 Å². The topological polar surface area (TPSA) is 56.8 Å². The van der Waals surface area contributed by atoms with Crippen molar-refractivity contribution in [1.29, 1.82) is 0 Å². The molecule has 1 atom stereocenters. The summed E-state index contributed by atoms with van der Waals surface area (Å²) in [5.74, 6) is 1.42. The van der Waals surface area contributed by atoms with Gasteiger partial charge in [-0.15, -0.1) is 0 Å². The summed E-state index contributed by atoms with van der Waals surface area (Å²) in [5.41, 5.74) is 0.473. The molecule has 5 nitrogen and oxygen atoms in total. The third kappa shape index (κ3) is 4.13. The normalized spacial score (nSPS) is 16.9. The lowest BCUT2D eigenvalue weighted by Gasteiger charge is -2.29. The molecular weight excluding hydrogens is 282 g/mol. The maximum Gasteiger partial charge on any atom is 0.338 e. The van der Waals surface area contributed by atoms with Crippen LogP contribution in [0, 0.1) is 5.92 Å². The first-order valence-corrected chi connectivity index (χ1v) is 7.88. The number of nitrogens with one attached hydrogen (secondary N) is 1. The van der Waals surface area contributed by atoms with Gasteiger partial charge in [0.2, 0.25) is 0 Å². The van der Waals surface area contributed by atoms with Crippen LogP contribution in [0.2, 0.25) is 0 Å². The van der Waals surface area contributed by atoms with Gasteiger partial charge in [0.1, 0.15) is 0 Å². The first-order chi connectivity index (χ1) is 10.7. The van der Waals surface area contributed by atoms with E-state index in [0.717, 1.165) is 25.9 Å². The monoisotopic (exact) mass is 307 g/mol. The van der Waals surface area contributed by atoms with Crippen LogP contribution >= 0.6 is 0 Å². The van der Waals surface area contributed by atoms with Crippen LogP contribution in [0.25, 0.3) is 0 Å². The van der Waals surface area contributed by atoms with Crippen molar-refractivity contribution in [3.8, 4) is 11.5 Å². The minimum absolute atomic E-state index is 0.115. The number of carbonyl (C=O) groups is 1.